The van der Waals surface area contributed by atoms with Crippen LogP contribution in [0, 0.1) is 0 Å². The summed E-state index contributed by atoms with van der Waals surface area (Å²) in [5.74, 6) is 1.72. The van der Waals surface area contributed by atoms with Crippen molar-refractivity contribution < 1.29 is 9.47 Å². The van der Waals surface area contributed by atoms with Crippen LogP contribution >= 0.6 is 15.9 Å². The SMILES string of the molecule is CCOc1cccc(-c2ccc(Br)cc2OC)c1. The lowest BCUT2D eigenvalue weighted by atomic mass is 10.0. The lowest BCUT2D eigenvalue weighted by Gasteiger charge is -2.10. The number of methoxy groups -OCH3 is 1. The van der Waals surface area contributed by atoms with Gasteiger partial charge in [-0.2, -0.15) is 0 Å². The van der Waals surface area contributed by atoms with Crippen LogP contribution in [0.3, 0.4) is 0 Å². The number of hydrogen-bond donors (Lipinski definition) is 0. The minimum absolute atomic E-state index is 0.668. The Kier molecular flexibility index (Phi) is 4.26. The van der Waals surface area contributed by atoms with Crippen LogP contribution in [-0.4, -0.2) is 13.7 Å². The second kappa shape index (κ2) is 5.91. The molecule has 94 valence electrons. The molecular formula is C15H15BrO2. The zero-order valence-corrected chi connectivity index (χ0v) is 12.0. The maximum atomic E-state index is 5.52. The van der Waals surface area contributed by atoms with Gasteiger partial charge < -0.3 is 9.47 Å². The molecule has 0 amide bonds. The molecule has 0 spiro atoms. The van der Waals surface area contributed by atoms with E-state index in [0.29, 0.717) is 6.61 Å². The highest BCUT2D eigenvalue weighted by atomic mass is 79.9. The molecule has 0 fully saturated rings. The lowest BCUT2D eigenvalue weighted by Crippen LogP contribution is -1.92. The summed E-state index contributed by atoms with van der Waals surface area (Å²) in [7, 11) is 1.68. The Labute approximate surface area is 116 Å². The van der Waals surface area contributed by atoms with Crippen molar-refractivity contribution in [1.82, 2.24) is 0 Å². The van der Waals surface area contributed by atoms with E-state index in [-0.39, 0.29) is 0 Å². The molecule has 0 bridgehead atoms. The fourth-order valence-corrected chi connectivity index (χ4v) is 2.16. The molecular weight excluding hydrogens is 292 g/mol. The first-order valence-electron chi connectivity index (χ1n) is 5.81. The Balaban J connectivity index is 2.44. The molecule has 0 radical (unpaired) electrons. The molecule has 2 aromatic carbocycles. The van der Waals surface area contributed by atoms with Crippen molar-refractivity contribution in [3.05, 3.63) is 46.9 Å². The average Bonchev–Trinajstić information content (AvgIpc) is 2.39. The van der Waals surface area contributed by atoms with E-state index in [2.05, 4.69) is 15.9 Å². The number of benzene rings is 2. The van der Waals surface area contributed by atoms with Crippen LogP contribution < -0.4 is 9.47 Å². The van der Waals surface area contributed by atoms with Gasteiger partial charge in [0.25, 0.3) is 0 Å². The minimum Gasteiger partial charge on any atom is -0.496 e. The van der Waals surface area contributed by atoms with Gasteiger partial charge >= 0.3 is 0 Å². The standard InChI is InChI=1S/C15H15BrO2/c1-3-18-13-6-4-5-11(9-13)14-8-7-12(16)10-15(14)17-2/h4-10H,3H2,1-2H3. The molecule has 0 aromatic heterocycles. The quantitative estimate of drug-likeness (QED) is 0.826. The van der Waals surface area contributed by atoms with Crippen LogP contribution in [0.4, 0.5) is 0 Å². The van der Waals surface area contributed by atoms with Crippen molar-refractivity contribution in [3.8, 4) is 22.6 Å². The summed E-state index contributed by atoms with van der Waals surface area (Å²) in [6, 6.07) is 14.0. The van der Waals surface area contributed by atoms with Crippen molar-refractivity contribution in [2.24, 2.45) is 0 Å². The van der Waals surface area contributed by atoms with Gasteiger partial charge in [0.2, 0.25) is 0 Å². The predicted molar refractivity (Wildman–Crippen MR) is 77.3 cm³/mol. The van der Waals surface area contributed by atoms with E-state index in [1.165, 1.54) is 0 Å². The smallest absolute Gasteiger partial charge is 0.127 e. The van der Waals surface area contributed by atoms with Crippen molar-refractivity contribution in [2.45, 2.75) is 6.92 Å². The third-order valence-electron chi connectivity index (χ3n) is 2.62. The largest absolute Gasteiger partial charge is 0.496 e. The Hall–Kier alpha value is -1.48. The van der Waals surface area contributed by atoms with Gasteiger partial charge in [0.05, 0.1) is 13.7 Å². The molecule has 0 N–H and O–H groups in total. The van der Waals surface area contributed by atoms with Crippen molar-refractivity contribution in [3.63, 3.8) is 0 Å². The molecule has 2 rings (SSSR count). The molecule has 0 atom stereocenters. The molecule has 0 saturated heterocycles. The van der Waals surface area contributed by atoms with Gasteiger partial charge in [0.15, 0.2) is 0 Å². The second-order valence-electron chi connectivity index (χ2n) is 3.81. The van der Waals surface area contributed by atoms with Crippen LogP contribution in [-0.2, 0) is 0 Å². The summed E-state index contributed by atoms with van der Waals surface area (Å²) in [6.45, 7) is 2.65. The van der Waals surface area contributed by atoms with Crippen LogP contribution in [0.2, 0.25) is 0 Å². The number of ether oxygens (including phenoxy) is 2. The predicted octanol–water partition coefficient (Wildman–Crippen LogP) is 4.52. The van der Waals surface area contributed by atoms with E-state index in [9.17, 15) is 0 Å². The zero-order valence-electron chi connectivity index (χ0n) is 10.4. The first kappa shape index (κ1) is 13.0. The van der Waals surface area contributed by atoms with Gasteiger partial charge in [-0.05, 0) is 42.8 Å². The maximum absolute atomic E-state index is 5.52. The van der Waals surface area contributed by atoms with Crippen LogP contribution in [0.25, 0.3) is 11.1 Å². The molecule has 0 unspecified atom stereocenters. The second-order valence-corrected chi connectivity index (χ2v) is 4.72. The molecule has 18 heavy (non-hydrogen) atoms. The van der Waals surface area contributed by atoms with Gasteiger partial charge in [-0.25, -0.2) is 0 Å². The van der Waals surface area contributed by atoms with E-state index in [1.54, 1.807) is 7.11 Å². The van der Waals surface area contributed by atoms with Crippen molar-refractivity contribution in [1.29, 1.82) is 0 Å². The zero-order chi connectivity index (χ0) is 13.0. The molecule has 0 saturated carbocycles. The van der Waals surface area contributed by atoms with E-state index >= 15 is 0 Å². The Morgan fingerprint density at radius 1 is 1.11 bits per heavy atom. The normalized spacial score (nSPS) is 10.2. The Morgan fingerprint density at radius 2 is 1.94 bits per heavy atom. The first-order valence-corrected chi connectivity index (χ1v) is 6.60. The molecule has 0 aliphatic heterocycles. The summed E-state index contributed by atoms with van der Waals surface area (Å²) in [5.41, 5.74) is 2.15. The van der Waals surface area contributed by atoms with Crippen LogP contribution in [0.15, 0.2) is 46.9 Å². The van der Waals surface area contributed by atoms with Crippen molar-refractivity contribution in [2.75, 3.05) is 13.7 Å². The summed E-state index contributed by atoms with van der Waals surface area (Å²) in [5, 5.41) is 0. The minimum atomic E-state index is 0.668. The highest BCUT2D eigenvalue weighted by molar-refractivity contribution is 9.10. The van der Waals surface area contributed by atoms with Gasteiger partial charge in [-0.15, -0.1) is 0 Å². The summed E-state index contributed by atoms with van der Waals surface area (Å²) in [4.78, 5) is 0. The fourth-order valence-electron chi connectivity index (χ4n) is 1.82. The van der Waals surface area contributed by atoms with E-state index < -0.39 is 0 Å². The number of hydrogen-bond acceptors (Lipinski definition) is 2. The summed E-state index contributed by atoms with van der Waals surface area (Å²) >= 11 is 3.44. The highest BCUT2D eigenvalue weighted by Gasteiger charge is 2.07. The topological polar surface area (TPSA) is 18.5 Å². The molecule has 0 heterocycles. The van der Waals surface area contributed by atoms with E-state index in [4.69, 9.17) is 9.47 Å². The summed E-state index contributed by atoms with van der Waals surface area (Å²) in [6.07, 6.45) is 0. The van der Waals surface area contributed by atoms with E-state index in [0.717, 1.165) is 27.1 Å². The molecule has 0 aliphatic carbocycles. The van der Waals surface area contributed by atoms with Crippen molar-refractivity contribution >= 4 is 15.9 Å². The molecule has 2 aromatic rings. The van der Waals surface area contributed by atoms with Crippen LogP contribution in [0.1, 0.15) is 6.92 Å². The first-order chi connectivity index (χ1) is 8.74. The number of rotatable bonds is 4. The van der Waals surface area contributed by atoms with Gasteiger partial charge in [-0.3, -0.25) is 0 Å². The van der Waals surface area contributed by atoms with Gasteiger partial charge in [-0.1, -0.05) is 28.1 Å². The molecule has 0 aliphatic rings. The lowest BCUT2D eigenvalue weighted by molar-refractivity contribution is 0.340. The maximum Gasteiger partial charge on any atom is 0.127 e. The van der Waals surface area contributed by atoms with Gasteiger partial charge in [0, 0.05) is 10.0 Å². The highest BCUT2D eigenvalue weighted by Crippen LogP contribution is 2.33. The monoisotopic (exact) mass is 306 g/mol. The Morgan fingerprint density at radius 3 is 2.67 bits per heavy atom. The number of halogens is 1. The third-order valence-corrected chi connectivity index (χ3v) is 3.11. The fraction of sp³-hybridized carbons (Fsp3) is 0.200. The molecule has 2 nitrogen and oxygen atoms in total. The Bertz CT molecular complexity index is 538. The third kappa shape index (κ3) is 2.85. The van der Waals surface area contributed by atoms with Gasteiger partial charge in [0.1, 0.15) is 11.5 Å². The summed E-state index contributed by atoms with van der Waals surface area (Å²) < 4.78 is 11.9. The van der Waals surface area contributed by atoms with E-state index in [1.807, 2.05) is 49.4 Å². The average molecular weight is 307 g/mol. The molecule has 3 heteroatoms. The van der Waals surface area contributed by atoms with Crippen LogP contribution in [0.5, 0.6) is 11.5 Å².